The highest BCUT2D eigenvalue weighted by molar-refractivity contribution is 8.02. The zero-order valence-corrected chi connectivity index (χ0v) is 21.1. The smallest absolute Gasteiger partial charge is 0.352 e. The fourth-order valence-corrected chi connectivity index (χ4v) is 6.11. The van der Waals surface area contributed by atoms with Crippen molar-refractivity contribution in [2.45, 2.75) is 22.9 Å². The van der Waals surface area contributed by atoms with E-state index in [0.29, 0.717) is 17.9 Å². The van der Waals surface area contributed by atoms with E-state index < -0.39 is 29.2 Å². The maximum Gasteiger partial charge on any atom is 0.352 e. The van der Waals surface area contributed by atoms with Gasteiger partial charge in [0, 0.05) is 28.2 Å². The second-order valence-electron chi connectivity index (χ2n) is 7.50. The largest absolute Gasteiger partial charge is 0.477 e. The number of carboxylic acid groups (broad SMARTS) is 1. The minimum absolute atomic E-state index is 0.0717. The summed E-state index contributed by atoms with van der Waals surface area (Å²) in [7, 11) is 0. The molecule has 0 bridgehead atoms. The number of pyridine rings is 1. The van der Waals surface area contributed by atoms with Crippen molar-refractivity contribution in [3.05, 3.63) is 71.0 Å². The van der Waals surface area contributed by atoms with E-state index in [1.165, 1.54) is 33.8 Å². The van der Waals surface area contributed by atoms with Crippen molar-refractivity contribution in [1.29, 1.82) is 0 Å². The van der Waals surface area contributed by atoms with Crippen molar-refractivity contribution in [3.63, 3.8) is 0 Å². The SMILES string of the molecule is C=CC[n+]1ccc(S/C=C/C2=C(C(=O)O)N3C(=O)[C@@H](NC(=O)/C(=N/O)c4csc(N)n4)[C@H]3SC2)cc1. The van der Waals surface area contributed by atoms with E-state index >= 15 is 0 Å². The Kier molecular flexibility index (Phi) is 7.76. The topological polar surface area (TPSA) is 162 Å². The first kappa shape index (κ1) is 25.5. The number of thioether (sulfide) groups is 2. The molecule has 1 saturated heterocycles. The van der Waals surface area contributed by atoms with Crippen molar-refractivity contribution in [2.75, 3.05) is 11.5 Å². The number of carbonyl (C=O) groups excluding carboxylic acids is 2. The lowest BCUT2D eigenvalue weighted by atomic mass is 10.0. The van der Waals surface area contributed by atoms with Gasteiger partial charge in [0.15, 0.2) is 29.8 Å². The van der Waals surface area contributed by atoms with Crippen molar-refractivity contribution in [3.8, 4) is 0 Å². The number of aliphatic carboxylic acids is 1. The van der Waals surface area contributed by atoms with Crippen LogP contribution in [-0.4, -0.2) is 60.9 Å². The zero-order valence-electron chi connectivity index (χ0n) is 18.6. The number of nitrogen functional groups attached to an aromatic ring is 1. The van der Waals surface area contributed by atoms with Crippen LogP contribution >= 0.6 is 34.9 Å². The zero-order chi connectivity index (χ0) is 25.8. The number of nitrogens with one attached hydrogen (secondary N) is 1. The fraction of sp³-hybridized carbons (Fsp3) is 0.182. The van der Waals surface area contributed by atoms with E-state index in [9.17, 15) is 24.7 Å². The van der Waals surface area contributed by atoms with E-state index in [4.69, 9.17) is 5.73 Å². The number of hydrogen-bond donors (Lipinski definition) is 4. The van der Waals surface area contributed by atoms with Crippen LogP contribution in [0.2, 0.25) is 0 Å². The van der Waals surface area contributed by atoms with Crippen molar-refractivity contribution >= 4 is 63.5 Å². The number of allylic oxidation sites excluding steroid dienone is 2. The number of hydrogen-bond acceptors (Lipinski definition) is 10. The number of anilines is 1. The number of rotatable bonds is 9. The standard InChI is InChI=1S/C22H20N6O5S3/c1-2-6-27-7-3-13(4-8-27)34-9-5-12-10-35-20-16(19(30)28(20)17(12)21(31)32)25-18(29)15(26-33)14-11-36-22(23)24-14/h2-5,7-9,11,16,20H,1,6,10H2,(H4-,23,24,25,29,31,32,33)/p+1/b9-5+/t16-,20-/m1/s1. The molecule has 186 valence electrons. The summed E-state index contributed by atoms with van der Waals surface area (Å²) in [5.41, 5.74) is 5.62. The maximum absolute atomic E-state index is 12.8. The molecule has 2 aliphatic rings. The highest BCUT2D eigenvalue weighted by atomic mass is 32.2. The number of carbonyl (C=O) groups is 3. The van der Waals surface area contributed by atoms with Crippen LogP contribution in [0.15, 0.2) is 75.4 Å². The predicted octanol–water partition coefficient (Wildman–Crippen LogP) is 1.42. The number of nitrogens with zero attached hydrogens (tertiary/aromatic N) is 4. The summed E-state index contributed by atoms with van der Waals surface area (Å²) in [5.74, 6) is -2.29. The first-order valence-corrected chi connectivity index (χ1v) is 13.2. The molecule has 11 nitrogen and oxygen atoms in total. The molecule has 0 aromatic carbocycles. The Hall–Kier alpha value is -3.62. The Morgan fingerprint density at radius 1 is 1.42 bits per heavy atom. The van der Waals surface area contributed by atoms with Crippen molar-refractivity contribution in [2.24, 2.45) is 5.16 Å². The number of fused-ring (bicyclic) bond motifs is 1. The Bertz CT molecular complexity index is 1300. The third kappa shape index (κ3) is 5.15. The number of aromatic nitrogens is 2. The van der Waals surface area contributed by atoms with Crippen molar-refractivity contribution < 1.29 is 29.3 Å². The van der Waals surface area contributed by atoms with Crippen LogP contribution in [0.3, 0.4) is 0 Å². The Morgan fingerprint density at radius 3 is 2.78 bits per heavy atom. The molecule has 0 spiro atoms. The molecule has 1 fully saturated rings. The van der Waals surface area contributed by atoms with Crippen molar-refractivity contribution in [1.82, 2.24) is 15.2 Å². The van der Waals surface area contributed by atoms with E-state index in [2.05, 4.69) is 22.0 Å². The number of thiazole rings is 1. The number of β-lactam (4-membered cyclic amide) rings is 1. The Balaban J connectivity index is 1.45. The lowest BCUT2D eigenvalue weighted by Crippen LogP contribution is -2.71. The summed E-state index contributed by atoms with van der Waals surface area (Å²) in [6.07, 6.45) is 7.32. The van der Waals surface area contributed by atoms with E-state index in [1.807, 2.05) is 29.1 Å². The molecule has 0 aliphatic carbocycles. The van der Waals surface area contributed by atoms with Gasteiger partial charge in [0.2, 0.25) is 0 Å². The number of nitrogens with two attached hydrogens (primary N) is 1. The van der Waals surface area contributed by atoms with Crippen LogP contribution in [0, 0.1) is 0 Å². The van der Waals surface area contributed by atoms with Crippen LogP contribution in [0.1, 0.15) is 5.69 Å². The molecule has 2 aliphatic heterocycles. The second-order valence-corrected chi connectivity index (χ2v) is 10.5. The minimum atomic E-state index is -1.23. The van der Waals surface area contributed by atoms with Gasteiger partial charge in [-0.2, -0.15) is 0 Å². The lowest BCUT2D eigenvalue weighted by Gasteiger charge is -2.49. The highest BCUT2D eigenvalue weighted by Gasteiger charge is 2.54. The molecule has 2 aromatic heterocycles. The van der Waals surface area contributed by atoms with Crippen LogP contribution in [0.4, 0.5) is 5.13 Å². The first-order valence-electron chi connectivity index (χ1n) is 10.4. The summed E-state index contributed by atoms with van der Waals surface area (Å²) < 4.78 is 1.97. The summed E-state index contributed by atoms with van der Waals surface area (Å²) in [4.78, 5) is 43.5. The van der Waals surface area contributed by atoms with Gasteiger partial charge >= 0.3 is 5.97 Å². The summed E-state index contributed by atoms with van der Waals surface area (Å²) in [5, 5.41) is 27.4. The third-order valence-electron chi connectivity index (χ3n) is 5.24. The average Bonchev–Trinajstić information content (AvgIpc) is 3.29. The lowest BCUT2D eigenvalue weighted by molar-refractivity contribution is -0.687. The molecule has 4 rings (SSSR count). The first-order chi connectivity index (χ1) is 17.3. The third-order valence-corrected chi connectivity index (χ3v) is 8.03. The van der Waals surface area contributed by atoms with Crippen LogP contribution < -0.4 is 15.6 Å². The van der Waals surface area contributed by atoms with Gasteiger partial charge in [-0.3, -0.25) is 14.5 Å². The molecule has 2 atom stereocenters. The minimum Gasteiger partial charge on any atom is -0.477 e. The van der Waals surface area contributed by atoms with Crippen LogP contribution in [0.5, 0.6) is 0 Å². The second kappa shape index (κ2) is 11.0. The van der Waals surface area contributed by atoms with Crippen LogP contribution in [0.25, 0.3) is 0 Å². The summed E-state index contributed by atoms with van der Waals surface area (Å²) in [6.45, 7) is 4.41. The van der Waals surface area contributed by atoms with Gasteiger partial charge in [-0.15, -0.1) is 23.1 Å². The maximum atomic E-state index is 12.8. The van der Waals surface area contributed by atoms with E-state index in [-0.39, 0.29) is 22.2 Å². The molecule has 0 radical (unpaired) electrons. The van der Waals surface area contributed by atoms with Gasteiger partial charge < -0.3 is 21.4 Å². The average molecular weight is 546 g/mol. The highest BCUT2D eigenvalue weighted by Crippen LogP contribution is 2.41. The molecule has 4 heterocycles. The number of carboxylic acids is 1. The molecular weight excluding hydrogens is 524 g/mol. The monoisotopic (exact) mass is 545 g/mol. The quantitative estimate of drug-likeness (QED) is 0.0694. The molecule has 5 N–H and O–H groups in total. The molecule has 2 amide bonds. The normalized spacial score (nSPS) is 19.7. The number of oxime groups is 1. The molecule has 36 heavy (non-hydrogen) atoms. The summed E-state index contributed by atoms with van der Waals surface area (Å²) in [6, 6.07) is 2.90. The molecule has 2 aromatic rings. The summed E-state index contributed by atoms with van der Waals surface area (Å²) >= 11 is 3.82. The Labute approximate surface area is 218 Å². The molecule has 0 unspecified atom stereocenters. The van der Waals surface area contributed by atoms with Gasteiger partial charge in [0.1, 0.15) is 22.8 Å². The molecular formula is C22H21N6O5S3+. The van der Waals surface area contributed by atoms with E-state index in [0.717, 1.165) is 16.2 Å². The van der Waals surface area contributed by atoms with Gasteiger partial charge in [-0.25, -0.2) is 14.3 Å². The Morgan fingerprint density at radius 2 is 2.17 bits per heavy atom. The molecule has 14 heteroatoms. The van der Waals surface area contributed by atoms with Gasteiger partial charge in [0.25, 0.3) is 11.8 Å². The van der Waals surface area contributed by atoms with Gasteiger partial charge in [0.05, 0.1) is 0 Å². The van der Waals surface area contributed by atoms with Crippen LogP contribution in [-0.2, 0) is 20.9 Å². The van der Waals surface area contributed by atoms with Gasteiger partial charge in [-0.1, -0.05) is 23.5 Å². The molecule has 0 saturated carbocycles. The van der Waals surface area contributed by atoms with Gasteiger partial charge in [-0.05, 0) is 23.1 Å². The predicted molar refractivity (Wildman–Crippen MR) is 136 cm³/mol. The fourth-order valence-electron chi connectivity index (χ4n) is 3.58. The number of amides is 2. The van der Waals surface area contributed by atoms with E-state index in [1.54, 1.807) is 17.6 Å².